The lowest BCUT2D eigenvalue weighted by molar-refractivity contribution is 0.655. The minimum absolute atomic E-state index is 0.606. The molecular weight excluding hydrogens is 1800 g/mol. The lowest BCUT2D eigenvalue weighted by atomic mass is 9.95. The van der Waals surface area contributed by atoms with Crippen LogP contribution in [-0.2, 0) is 0 Å². The number of benzene rings is 19. The molecule has 9 aromatic heterocycles. The Labute approximate surface area is 844 Å². The average Bonchev–Trinajstić information content (AvgIpc) is 1.62. The van der Waals surface area contributed by atoms with Gasteiger partial charge in [-0.2, -0.15) is 0 Å². The summed E-state index contributed by atoms with van der Waals surface area (Å²) in [4.78, 5) is 54.9. The number of hydrogen-bond acceptors (Lipinski definition) is 14. The normalized spacial score (nSPS) is 11.4. The Balaban J connectivity index is 0.000000112. The molecular formula is C133H83N11O3. The fourth-order valence-corrected chi connectivity index (χ4v) is 19.8. The largest absolute Gasteiger partial charge is 0.438 e. The molecule has 0 aliphatic rings. The molecule has 0 saturated heterocycles. The van der Waals surface area contributed by atoms with Crippen molar-refractivity contribution >= 4 is 98.9 Å². The van der Waals surface area contributed by atoms with Gasteiger partial charge in [0.2, 0.25) is 17.1 Å². The lowest BCUT2D eigenvalue weighted by Crippen LogP contribution is -2.00. The van der Waals surface area contributed by atoms with Gasteiger partial charge < -0.3 is 13.3 Å². The predicted molar refractivity (Wildman–Crippen MR) is 596 cm³/mol. The SMILES string of the molecule is c1ccc(-c2ccc(-c3nc(-c4ccc(-c5ccccc5)cc4)nc(-c4ccc(-c5c6ccccc6nc6oc7ccccc7c56)cc4)n3)cc2)cc1.c1ccc(-c2cccc(-c3cc(-c4ccc(-c5c6ccccc6nc6oc7ccccc7c56)cc4)nc(-c4ccccc4)n3)c2)cc1.c1ccc(-c2cccc(-c3nc(-c4ccccc4)nc(-c4ccc(-c5c6ccccc6nc6oc7ccccc7c56)cc4)n3)c2)cc1. The highest BCUT2D eigenvalue weighted by Gasteiger charge is 2.25. The number of rotatable bonds is 16. The Morgan fingerprint density at radius 2 is 0.327 bits per heavy atom. The van der Waals surface area contributed by atoms with Crippen molar-refractivity contribution in [1.82, 2.24) is 54.8 Å². The highest BCUT2D eigenvalue weighted by Crippen LogP contribution is 2.47. The van der Waals surface area contributed by atoms with Gasteiger partial charge in [-0.25, -0.2) is 54.8 Å². The highest BCUT2D eigenvalue weighted by molar-refractivity contribution is 6.21. The molecule has 0 unspecified atom stereocenters. The van der Waals surface area contributed by atoms with Gasteiger partial charge in [-0.05, 0) is 116 Å². The first-order chi connectivity index (χ1) is 72.8. The van der Waals surface area contributed by atoms with E-state index in [0.29, 0.717) is 57.9 Å². The third-order valence-electron chi connectivity index (χ3n) is 27.1. The quantitative estimate of drug-likeness (QED) is 0.0891. The fraction of sp³-hybridized carbons (Fsp3) is 0. The highest BCUT2D eigenvalue weighted by atomic mass is 16.3. The van der Waals surface area contributed by atoms with Crippen LogP contribution in [0, 0.1) is 0 Å². The standard InChI is InChI=1S/C48H30N4O.C43H27N3O.C42H26N4O/c1-3-11-31(12-4-1)33-19-25-36(26-20-33)45-50-46(37-27-21-34(22-28-37)32-13-5-2-6-14-32)52-47(51-45)38-29-23-35(24-30-38)43-39-15-7-9-17-41(39)49-48-44(43)40-16-8-10-18-42(40)53-48;1-3-12-28(13-4-1)32-16-11-17-33(26-32)38-27-37(44-42(45-38)31-14-5-2-6-15-31)29-22-24-30(25-23-29)40-34-18-7-9-20-36(34)46-43-41(40)35-19-8-10-21-39(35)47-43;1-3-12-27(13-4-1)31-16-11-17-32(26-31)41-45-39(29-14-5-2-6-15-29)44-40(46-41)30-24-22-28(23-25-30)37-33-18-7-9-20-35(33)43-42-38(37)34-19-8-10-21-36(34)47-42/h1-30H;1-27H;1-26H. The monoisotopic (exact) mass is 1880 g/mol. The smallest absolute Gasteiger partial charge is 0.228 e. The van der Waals surface area contributed by atoms with Crippen molar-refractivity contribution in [3.05, 3.63) is 504 Å². The van der Waals surface area contributed by atoms with Crippen LogP contribution in [0.3, 0.4) is 0 Å². The molecule has 0 bridgehead atoms. The molecule has 688 valence electrons. The minimum atomic E-state index is 0.606. The van der Waals surface area contributed by atoms with Crippen LogP contribution in [0.1, 0.15) is 0 Å². The molecule has 0 saturated carbocycles. The molecule has 19 aromatic carbocycles. The van der Waals surface area contributed by atoms with Crippen LogP contribution in [0.4, 0.5) is 0 Å². The summed E-state index contributed by atoms with van der Waals surface area (Å²) in [5.74, 6) is 4.41. The zero-order chi connectivity index (χ0) is 97.5. The minimum Gasteiger partial charge on any atom is -0.438 e. The summed E-state index contributed by atoms with van der Waals surface area (Å²) in [5, 5.41) is 9.44. The van der Waals surface area contributed by atoms with E-state index in [1.54, 1.807) is 0 Å². The zero-order valence-corrected chi connectivity index (χ0v) is 79.1. The Morgan fingerprint density at radius 3 is 0.653 bits per heavy atom. The van der Waals surface area contributed by atoms with E-state index in [0.717, 1.165) is 216 Å². The summed E-state index contributed by atoms with van der Waals surface area (Å²) in [6.07, 6.45) is 0. The van der Waals surface area contributed by atoms with Crippen molar-refractivity contribution in [2.75, 3.05) is 0 Å². The van der Waals surface area contributed by atoms with E-state index in [1.807, 2.05) is 164 Å². The third kappa shape index (κ3) is 17.1. The van der Waals surface area contributed by atoms with Gasteiger partial charge in [0.25, 0.3) is 0 Å². The molecule has 0 fully saturated rings. The molecule has 28 aromatic rings. The van der Waals surface area contributed by atoms with E-state index in [4.69, 9.17) is 68.1 Å². The first-order valence-corrected chi connectivity index (χ1v) is 48.9. The van der Waals surface area contributed by atoms with Crippen LogP contribution in [0.2, 0.25) is 0 Å². The molecule has 9 heterocycles. The van der Waals surface area contributed by atoms with Crippen LogP contribution in [0.25, 0.3) is 279 Å². The first-order valence-electron chi connectivity index (χ1n) is 48.9. The molecule has 0 amide bonds. The number of nitrogens with zero attached hydrogens (tertiary/aromatic N) is 11. The molecule has 14 heteroatoms. The van der Waals surface area contributed by atoms with Crippen LogP contribution < -0.4 is 0 Å². The molecule has 0 spiro atoms. The van der Waals surface area contributed by atoms with Crippen molar-refractivity contribution in [2.24, 2.45) is 0 Å². The Morgan fingerprint density at radius 1 is 0.122 bits per heavy atom. The number of aromatic nitrogens is 11. The molecule has 0 N–H and O–H groups in total. The zero-order valence-electron chi connectivity index (χ0n) is 79.1. The van der Waals surface area contributed by atoms with Crippen molar-refractivity contribution in [3.63, 3.8) is 0 Å². The Hall–Kier alpha value is -20.1. The lowest BCUT2D eigenvalue weighted by Gasteiger charge is -2.12. The van der Waals surface area contributed by atoms with Crippen molar-refractivity contribution < 1.29 is 13.3 Å². The first kappa shape index (κ1) is 87.2. The average molecular weight is 1880 g/mol. The number of furan rings is 3. The van der Waals surface area contributed by atoms with E-state index < -0.39 is 0 Å². The van der Waals surface area contributed by atoms with Crippen molar-refractivity contribution in [3.8, 4) is 180 Å². The van der Waals surface area contributed by atoms with Gasteiger partial charge in [-0.15, -0.1) is 0 Å². The second-order valence-corrected chi connectivity index (χ2v) is 36.2. The van der Waals surface area contributed by atoms with E-state index >= 15 is 0 Å². The number of hydrogen-bond donors (Lipinski definition) is 0. The van der Waals surface area contributed by atoms with Crippen LogP contribution in [0.5, 0.6) is 0 Å². The summed E-state index contributed by atoms with van der Waals surface area (Å²) in [5.41, 5.74) is 33.1. The number of fused-ring (bicyclic) bond motifs is 12. The summed E-state index contributed by atoms with van der Waals surface area (Å²) < 4.78 is 18.7. The molecule has 14 nitrogen and oxygen atoms in total. The van der Waals surface area contributed by atoms with Gasteiger partial charge in [0.15, 0.2) is 40.8 Å². The second-order valence-electron chi connectivity index (χ2n) is 36.2. The van der Waals surface area contributed by atoms with E-state index in [-0.39, 0.29) is 0 Å². The summed E-state index contributed by atoms with van der Waals surface area (Å²) >= 11 is 0. The predicted octanol–water partition coefficient (Wildman–Crippen LogP) is 34.2. The van der Waals surface area contributed by atoms with E-state index in [9.17, 15) is 0 Å². The topological polar surface area (TPSA) is 181 Å². The summed E-state index contributed by atoms with van der Waals surface area (Å²) in [7, 11) is 0. The Bertz CT molecular complexity index is 9340. The van der Waals surface area contributed by atoms with E-state index in [2.05, 4.69) is 340 Å². The summed E-state index contributed by atoms with van der Waals surface area (Å²) in [6.45, 7) is 0. The molecule has 0 radical (unpaired) electrons. The maximum absolute atomic E-state index is 6.25. The van der Waals surface area contributed by atoms with Gasteiger partial charge in [-0.3, -0.25) is 0 Å². The maximum Gasteiger partial charge on any atom is 0.228 e. The van der Waals surface area contributed by atoms with Gasteiger partial charge in [0, 0.05) is 99.1 Å². The van der Waals surface area contributed by atoms with Gasteiger partial charge in [-0.1, -0.05) is 449 Å². The maximum atomic E-state index is 6.25. The van der Waals surface area contributed by atoms with Gasteiger partial charge >= 0.3 is 0 Å². The van der Waals surface area contributed by atoms with Gasteiger partial charge in [0.05, 0.1) is 44.1 Å². The van der Waals surface area contributed by atoms with Crippen molar-refractivity contribution in [2.45, 2.75) is 0 Å². The molecule has 0 aliphatic carbocycles. The molecule has 28 rings (SSSR count). The van der Waals surface area contributed by atoms with Crippen LogP contribution in [0.15, 0.2) is 517 Å². The van der Waals surface area contributed by atoms with Crippen LogP contribution in [-0.4, -0.2) is 54.8 Å². The summed E-state index contributed by atoms with van der Waals surface area (Å²) in [6, 6.07) is 172. The second kappa shape index (κ2) is 38.2. The molecule has 147 heavy (non-hydrogen) atoms. The Kier molecular flexibility index (Phi) is 22.6. The van der Waals surface area contributed by atoms with Crippen LogP contribution >= 0.6 is 0 Å². The third-order valence-corrected chi connectivity index (χ3v) is 27.1. The molecule has 0 atom stereocenters. The van der Waals surface area contributed by atoms with Crippen molar-refractivity contribution in [1.29, 1.82) is 0 Å². The number of pyridine rings is 3. The fourth-order valence-electron chi connectivity index (χ4n) is 19.8. The van der Waals surface area contributed by atoms with Gasteiger partial charge in [0.1, 0.15) is 16.7 Å². The molecule has 0 aliphatic heterocycles. The number of para-hydroxylation sites is 6. The van der Waals surface area contributed by atoms with E-state index in [1.165, 1.54) is 5.56 Å².